The normalized spacial score (nSPS) is 11.8. The van der Waals surface area contributed by atoms with Gasteiger partial charge in [0.15, 0.2) is 0 Å². The summed E-state index contributed by atoms with van der Waals surface area (Å²) in [7, 11) is -9.14. The van der Waals surface area contributed by atoms with E-state index >= 15 is 0 Å². The number of para-hydroxylation sites is 1. The van der Waals surface area contributed by atoms with Crippen LogP contribution in [0.2, 0.25) is 0 Å². The highest BCUT2D eigenvalue weighted by molar-refractivity contribution is 7.89. The Balaban J connectivity index is 2.01. The number of primary sulfonamides is 1. The van der Waals surface area contributed by atoms with Gasteiger partial charge in [-0.15, -0.1) is 0 Å². The van der Waals surface area contributed by atoms with Crippen LogP contribution in [0.5, 0.6) is 11.5 Å². The molecule has 0 amide bonds. The number of hydrogen-bond acceptors (Lipinski definition) is 7. The first-order valence-electron chi connectivity index (χ1n) is 8.58. The predicted octanol–water partition coefficient (Wildman–Crippen LogP) is 2.49. The van der Waals surface area contributed by atoms with Crippen molar-refractivity contribution in [2.45, 2.75) is 16.3 Å². The molecule has 0 unspecified atom stereocenters. The summed E-state index contributed by atoms with van der Waals surface area (Å²) in [5, 5.41) is 5.23. The Morgan fingerprint density at radius 3 is 2.03 bits per heavy atom. The first kappa shape index (κ1) is 21.7. The SMILES string of the molecule is NS(=O)(=O)c1cc(S(=O)(=O)O)c(NNCc2ccccc2)cc1Oc1ccccc1. The number of nitrogens with one attached hydrogen (secondary N) is 2. The first-order valence-corrected chi connectivity index (χ1v) is 11.6. The highest BCUT2D eigenvalue weighted by atomic mass is 32.2. The number of sulfonamides is 1. The van der Waals surface area contributed by atoms with Gasteiger partial charge in [0.25, 0.3) is 10.1 Å². The lowest BCUT2D eigenvalue weighted by Crippen LogP contribution is -2.23. The average molecular weight is 450 g/mol. The lowest BCUT2D eigenvalue weighted by Gasteiger charge is -2.16. The topological polar surface area (TPSA) is 148 Å². The molecule has 0 bridgehead atoms. The summed E-state index contributed by atoms with van der Waals surface area (Å²) in [4.78, 5) is -1.26. The fourth-order valence-corrected chi connectivity index (χ4v) is 4.00. The van der Waals surface area contributed by atoms with E-state index < -0.39 is 29.9 Å². The lowest BCUT2D eigenvalue weighted by atomic mass is 10.2. The van der Waals surface area contributed by atoms with Crippen LogP contribution >= 0.6 is 0 Å². The third kappa shape index (κ3) is 5.55. The van der Waals surface area contributed by atoms with Crippen LogP contribution in [-0.4, -0.2) is 21.4 Å². The van der Waals surface area contributed by atoms with E-state index in [4.69, 9.17) is 9.88 Å². The van der Waals surface area contributed by atoms with Crippen molar-refractivity contribution in [2.75, 3.05) is 5.43 Å². The molecule has 0 atom stereocenters. The Morgan fingerprint density at radius 1 is 0.867 bits per heavy atom. The van der Waals surface area contributed by atoms with Crippen LogP contribution in [0.15, 0.2) is 82.6 Å². The molecule has 158 valence electrons. The molecule has 0 aromatic heterocycles. The summed E-state index contributed by atoms with van der Waals surface area (Å²) in [6, 6.07) is 19.4. The quantitative estimate of drug-likeness (QED) is 0.303. The molecular weight excluding hydrogens is 430 g/mol. The van der Waals surface area contributed by atoms with Gasteiger partial charge in [-0.1, -0.05) is 48.5 Å². The molecule has 3 aromatic carbocycles. The van der Waals surface area contributed by atoms with Gasteiger partial charge in [0.1, 0.15) is 21.3 Å². The number of rotatable bonds is 8. The maximum atomic E-state index is 12.0. The molecule has 11 heteroatoms. The Bertz CT molecular complexity index is 1230. The van der Waals surface area contributed by atoms with Gasteiger partial charge in [-0.05, 0) is 23.8 Å². The molecule has 3 aromatic rings. The molecule has 0 aliphatic rings. The van der Waals surface area contributed by atoms with E-state index in [0.717, 1.165) is 17.7 Å². The van der Waals surface area contributed by atoms with E-state index in [-0.39, 0.29) is 11.4 Å². The van der Waals surface area contributed by atoms with Crippen molar-refractivity contribution in [1.29, 1.82) is 0 Å². The van der Waals surface area contributed by atoms with Crippen molar-refractivity contribution in [3.05, 3.63) is 78.4 Å². The zero-order valence-electron chi connectivity index (χ0n) is 15.5. The van der Waals surface area contributed by atoms with Gasteiger partial charge in [-0.25, -0.2) is 19.0 Å². The van der Waals surface area contributed by atoms with Crippen LogP contribution in [-0.2, 0) is 26.7 Å². The van der Waals surface area contributed by atoms with Crippen molar-refractivity contribution in [3.8, 4) is 11.5 Å². The zero-order chi connectivity index (χ0) is 21.8. The van der Waals surface area contributed by atoms with Crippen molar-refractivity contribution >= 4 is 25.8 Å². The van der Waals surface area contributed by atoms with Crippen molar-refractivity contribution in [3.63, 3.8) is 0 Å². The number of anilines is 1. The average Bonchev–Trinajstić information content (AvgIpc) is 2.68. The summed E-state index contributed by atoms with van der Waals surface area (Å²) in [5.74, 6) is 0.102. The molecular formula is C19H19N3O6S2. The highest BCUT2D eigenvalue weighted by Crippen LogP contribution is 2.35. The minimum Gasteiger partial charge on any atom is -0.456 e. The minimum atomic E-state index is -4.78. The Hall–Kier alpha value is -2.96. The van der Waals surface area contributed by atoms with Gasteiger partial charge < -0.3 is 10.2 Å². The van der Waals surface area contributed by atoms with Crippen LogP contribution in [0.1, 0.15) is 5.56 Å². The van der Waals surface area contributed by atoms with Gasteiger partial charge in [0, 0.05) is 12.6 Å². The standard InChI is InChI=1S/C19H19N3O6S2/c20-29(23,24)19-12-18(30(25,26)27)16(22-21-13-14-7-3-1-4-8-14)11-17(19)28-15-9-5-2-6-10-15/h1-12,21-22H,13H2,(H2,20,23,24)(H,25,26,27). The van der Waals surface area contributed by atoms with E-state index in [0.29, 0.717) is 12.3 Å². The molecule has 30 heavy (non-hydrogen) atoms. The molecule has 0 saturated carbocycles. The molecule has 0 radical (unpaired) electrons. The van der Waals surface area contributed by atoms with Gasteiger partial charge in [-0.2, -0.15) is 8.42 Å². The van der Waals surface area contributed by atoms with Gasteiger partial charge in [-0.3, -0.25) is 4.55 Å². The van der Waals surface area contributed by atoms with Crippen molar-refractivity contribution < 1.29 is 26.1 Å². The molecule has 0 spiro atoms. The second kappa shape index (κ2) is 8.81. The second-order valence-corrected chi connectivity index (χ2v) is 9.11. The summed E-state index contributed by atoms with van der Waals surface area (Å²) in [5.41, 5.74) is 6.27. The van der Waals surface area contributed by atoms with Crippen molar-refractivity contribution in [2.24, 2.45) is 5.14 Å². The fraction of sp³-hybridized carbons (Fsp3) is 0.0526. The Kier molecular flexibility index (Phi) is 6.39. The Morgan fingerprint density at radius 2 is 1.47 bits per heavy atom. The van der Waals surface area contributed by atoms with E-state index in [9.17, 15) is 21.4 Å². The largest absolute Gasteiger partial charge is 0.456 e. The third-order valence-electron chi connectivity index (χ3n) is 3.96. The molecule has 0 aliphatic carbocycles. The molecule has 0 heterocycles. The molecule has 0 aliphatic heterocycles. The van der Waals surface area contributed by atoms with Crippen LogP contribution in [0, 0.1) is 0 Å². The van der Waals surface area contributed by atoms with E-state index in [1.807, 2.05) is 30.3 Å². The molecule has 9 nitrogen and oxygen atoms in total. The van der Waals surface area contributed by atoms with E-state index in [1.165, 1.54) is 0 Å². The zero-order valence-corrected chi connectivity index (χ0v) is 17.2. The monoisotopic (exact) mass is 449 g/mol. The maximum absolute atomic E-state index is 12.0. The number of benzene rings is 3. The first-order chi connectivity index (χ1) is 14.1. The third-order valence-corrected chi connectivity index (χ3v) is 5.79. The molecule has 3 rings (SSSR count). The summed E-state index contributed by atoms with van der Waals surface area (Å²) < 4.78 is 62.9. The summed E-state index contributed by atoms with van der Waals surface area (Å²) in [6.45, 7) is 0.317. The number of ether oxygens (including phenoxy) is 1. The fourth-order valence-electron chi connectivity index (χ4n) is 2.61. The van der Waals surface area contributed by atoms with E-state index in [2.05, 4.69) is 10.9 Å². The van der Waals surface area contributed by atoms with Crippen LogP contribution in [0.4, 0.5) is 5.69 Å². The van der Waals surface area contributed by atoms with Gasteiger partial charge in [0.2, 0.25) is 10.0 Å². The number of hydrogen-bond donors (Lipinski definition) is 4. The number of hydrazine groups is 1. The minimum absolute atomic E-state index is 0.119. The second-order valence-electron chi connectivity index (χ2n) is 6.19. The van der Waals surface area contributed by atoms with Gasteiger partial charge >= 0.3 is 0 Å². The van der Waals surface area contributed by atoms with Crippen LogP contribution < -0.4 is 20.7 Å². The Labute approximate surface area is 174 Å². The summed E-state index contributed by atoms with van der Waals surface area (Å²) >= 11 is 0. The highest BCUT2D eigenvalue weighted by Gasteiger charge is 2.25. The van der Waals surface area contributed by atoms with Gasteiger partial charge in [0.05, 0.1) is 5.69 Å². The smallest absolute Gasteiger partial charge is 0.296 e. The van der Waals surface area contributed by atoms with Crippen LogP contribution in [0.25, 0.3) is 0 Å². The summed E-state index contributed by atoms with van der Waals surface area (Å²) in [6.07, 6.45) is 0. The molecule has 5 N–H and O–H groups in total. The molecule has 0 fully saturated rings. The van der Waals surface area contributed by atoms with Crippen LogP contribution in [0.3, 0.4) is 0 Å². The maximum Gasteiger partial charge on any atom is 0.296 e. The predicted molar refractivity (Wildman–Crippen MR) is 111 cm³/mol. The number of nitrogens with two attached hydrogens (primary N) is 1. The van der Waals surface area contributed by atoms with E-state index in [1.54, 1.807) is 30.3 Å². The van der Waals surface area contributed by atoms with Crippen molar-refractivity contribution in [1.82, 2.24) is 5.43 Å². The lowest BCUT2D eigenvalue weighted by molar-refractivity contribution is 0.465. The molecule has 0 saturated heterocycles.